The van der Waals surface area contributed by atoms with Gasteiger partial charge in [0.2, 0.25) is 5.91 Å². The van der Waals surface area contributed by atoms with Crippen molar-refractivity contribution in [2.75, 3.05) is 40.9 Å². The normalized spacial score (nSPS) is 15.0. The first-order chi connectivity index (χ1) is 20.5. The van der Waals surface area contributed by atoms with Gasteiger partial charge in [0.1, 0.15) is 13.2 Å². The number of phosphoric acid groups is 1. The Bertz CT molecular complexity index is 728. The van der Waals surface area contributed by atoms with Gasteiger partial charge in [-0.2, -0.15) is 0 Å². The number of rotatable bonds is 31. The van der Waals surface area contributed by atoms with E-state index in [-0.39, 0.29) is 19.1 Å². The number of hydrogen-bond acceptors (Lipinski definition) is 5. The van der Waals surface area contributed by atoms with Gasteiger partial charge in [-0.05, 0) is 19.3 Å². The average Bonchev–Trinajstić information content (AvgIpc) is 2.94. The summed E-state index contributed by atoms with van der Waals surface area (Å²) in [5.41, 5.74) is 0. The number of carbonyl (C=O) groups is 1. The summed E-state index contributed by atoms with van der Waals surface area (Å²) >= 11 is 0. The number of nitrogens with one attached hydrogen (secondary N) is 1. The quantitative estimate of drug-likeness (QED) is 0.0306. The van der Waals surface area contributed by atoms with Gasteiger partial charge < -0.3 is 19.8 Å². The summed E-state index contributed by atoms with van der Waals surface area (Å²) in [6, 6.07) is -0.835. The highest BCUT2D eigenvalue weighted by Crippen LogP contribution is 2.43. The number of phosphoric ester groups is 1. The van der Waals surface area contributed by atoms with Gasteiger partial charge in [-0.15, -0.1) is 0 Å². The first kappa shape index (κ1) is 42.2. The zero-order valence-corrected chi connectivity index (χ0v) is 29.6. The first-order valence-corrected chi connectivity index (χ1v) is 19.1. The van der Waals surface area contributed by atoms with Crippen molar-refractivity contribution in [3.05, 3.63) is 12.2 Å². The molecule has 256 valence electrons. The van der Waals surface area contributed by atoms with Crippen molar-refractivity contribution in [1.29, 1.82) is 0 Å². The fourth-order valence-corrected chi connectivity index (χ4v) is 5.60. The smallest absolute Gasteiger partial charge is 0.387 e. The minimum atomic E-state index is -4.31. The van der Waals surface area contributed by atoms with Crippen LogP contribution in [0.25, 0.3) is 0 Å². The lowest BCUT2D eigenvalue weighted by atomic mass is 10.0. The highest BCUT2D eigenvalue weighted by molar-refractivity contribution is 7.47. The first-order valence-electron chi connectivity index (χ1n) is 17.6. The van der Waals surface area contributed by atoms with Crippen LogP contribution in [0, 0.1) is 0 Å². The number of allylic oxidation sites excluding steroid dienone is 1. The molecule has 3 unspecified atom stereocenters. The lowest BCUT2D eigenvalue weighted by molar-refractivity contribution is -0.870. The summed E-state index contributed by atoms with van der Waals surface area (Å²) in [5.74, 6) is -0.182. The standard InChI is InChI=1S/C34H69N2O6P/c1-6-8-10-12-14-16-17-18-19-20-22-24-26-28-34(38)35-32(31-42-43(39,40)41-30-29-36(3,4)5)33(37)27-25-23-21-15-13-11-9-7-2/h25,27,32-33,37H,6-24,26,28-31H2,1-5H3,(H-,35,38,39,40)/p+1/b27-25+. The van der Waals surface area contributed by atoms with E-state index >= 15 is 0 Å². The van der Waals surface area contributed by atoms with Crippen molar-refractivity contribution in [3.8, 4) is 0 Å². The summed E-state index contributed by atoms with van der Waals surface area (Å²) in [6.07, 6.45) is 27.1. The molecule has 0 radical (unpaired) electrons. The number of carbonyl (C=O) groups excluding carboxylic acids is 1. The molecule has 3 N–H and O–H groups in total. The molecule has 0 fully saturated rings. The second-order valence-electron chi connectivity index (χ2n) is 13.3. The van der Waals surface area contributed by atoms with Crippen LogP contribution in [0.15, 0.2) is 12.2 Å². The number of aliphatic hydroxyl groups is 1. The van der Waals surface area contributed by atoms with Crippen LogP contribution in [0.3, 0.4) is 0 Å². The van der Waals surface area contributed by atoms with E-state index in [1.165, 1.54) is 89.9 Å². The number of aliphatic hydroxyl groups excluding tert-OH is 1. The van der Waals surface area contributed by atoms with Gasteiger partial charge in [-0.1, -0.05) is 135 Å². The fourth-order valence-electron chi connectivity index (χ4n) is 4.86. The van der Waals surface area contributed by atoms with Gasteiger partial charge in [0.25, 0.3) is 0 Å². The maximum atomic E-state index is 12.7. The molecule has 0 aliphatic rings. The Balaban J connectivity index is 4.52. The molecule has 0 rings (SSSR count). The second kappa shape index (κ2) is 27.5. The van der Waals surface area contributed by atoms with E-state index in [9.17, 15) is 19.4 Å². The monoisotopic (exact) mass is 633 g/mol. The van der Waals surface area contributed by atoms with Crippen LogP contribution in [0.2, 0.25) is 0 Å². The van der Waals surface area contributed by atoms with Gasteiger partial charge in [-0.25, -0.2) is 4.57 Å². The number of hydrogen-bond donors (Lipinski definition) is 3. The number of likely N-dealkylation sites (N-methyl/N-ethyl adjacent to an activating group) is 1. The van der Waals surface area contributed by atoms with Crippen molar-refractivity contribution in [3.63, 3.8) is 0 Å². The van der Waals surface area contributed by atoms with E-state index in [2.05, 4.69) is 19.2 Å². The van der Waals surface area contributed by atoms with E-state index < -0.39 is 20.0 Å². The topological polar surface area (TPSA) is 105 Å². The Kier molecular flexibility index (Phi) is 27.1. The van der Waals surface area contributed by atoms with Gasteiger partial charge in [0.15, 0.2) is 0 Å². The van der Waals surface area contributed by atoms with Crippen LogP contribution in [-0.4, -0.2) is 73.4 Å². The van der Waals surface area contributed by atoms with Gasteiger partial charge >= 0.3 is 7.82 Å². The van der Waals surface area contributed by atoms with Crippen molar-refractivity contribution >= 4 is 13.7 Å². The number of nitrogens with zero attached hydrogens (tertiary/aromatic N) is 1. The maximum Gasteiger partial charge on any atom is 0.472 e. The molecule has 0 aromatic rings. The highest BCUT2D eigenvalue weighted by atomic mass is 31.2. The number of quaternary nitrogens is 1. The largest absolute Gasteiger partial charge is 0.472 e. The molecule has 0 bridgehead atoms. The average molecular weight is 634 g/mol. The van der Waals surface area contributed by atoms with Crippen LogP contribution in [-0.2, 0) is 18.4 Å². The molecular formula is C34H70N2O6P+. The minimum Gasteiger partial charge on any atom is -0.387 e. The highest BCUT2D eigenvalue weighted by Gasteiger charge is 2.27. The Hall–Kier alpha value is -0.760. The number of unbranched alkanes of at least 4 members (excludes halogenated alkanes) is 18. The Morgan fingerprint density at radius 1 is 0.767 bits per heavy atom. The van der Waals surface area contributed by atoms with Gasteiger partial charge in [0, 0.05) is 6.42 Å². The van der Waals surface area contributed by atoms with Crippen molar-refractivity contribution in [2.24, 2.45) is 0 Å². The summed E-state index contributed by atoms with van der Waals surface area (Å²) < 4.78 is 23.3. The van der Waals surface area contributed by atoms with E-state index in [0.717, 1.165) is 38.5 Å². The van der Waals surface area contributed by atoms with Gasteiger partial charge in [-0.3, -0.25) is 13.8 Å². The van der Waals surface area contributed by atoms with Crippen molar-refractivity contribution < 1.29 is 32.9 Å². The van der Waals surface area contributed by atoms with Crippen LogP contribution < -0.4 is 5.32 Å². The predicted molar refractivity (Wildman–Crippen MR) is 180 cm³/mol. The maximum absolute atomic E-state index is 12.7. The molecule has 0 saturated heterocycles. The molecule has 0 saturated carbocycles. The summed E-state index contributed by atoms with van der Waals surface area (Å²) in [7, 11) is 1.57. The molecule has 0 aromatic heterocycles. The van der Waals surface area contributed by atoms with Gasteiger partial charge in [0.05, 0.1) is 39.9 Å². The summed E-state index contributed by atoms with van der Waals surface area (Å²) in [5, 5.41) is 13.6. The molecular weight excluding hydrogens is 563 g/mol. The molecule has 0 spiro atoms. The zero-order valence-electron chi connectivity index (χ0n) is 28.7. The van der Waals surface area contributed by atoms with E-state index in [1.807, 2.05) is 27.2 Å². The lowest BCUT2D eigenvalue weighted by Gasteiger charge is -2.25. The van der Waals surface area contributed by atoms with Crippen molar-refractivity contribution in [2.45, 2.75) is 161 Å². The van der Waals surface area contributed by atoms with Crippen molar-refractivity contribution in [1.82, 2.24) is 5.32 Å². The van der Waals surface area contributed by atoms with Crippen LogP contribution >= 0.6 is 7.82 Å². The summed E-state index contributed by atoms with van der Waals surface area (Å²) in [4.78, 5) is 22.8. The molecule has 8 nitrogen and oxygen atoms in total. The SMILES string of the molecule is CCCCCCCC/C=C/C(O)C(COP(=O)(O)OCC[N+](C)(C)C)NC(=O)CCCCCCCCCCCCCCC. The molecule has 0 heterocycles. The lowest BCUT2D eigenvalue weighted by Crippen LogP contribution is -2.45. The zero-order chi connectivity index (χ0) is 32.2. The summed E-state index contributed by atoms with van der Waals surface area (Å²) in [6.45, 7) is 4.74. The minimum absolute atomic E-state index is 0.0636. The van der Waals surface area contributed by atoms with Crippen LogP contribution in [0.1, 0.15) is 149 Å². The second-order valence-corrected chi connectivity index (χ2v) is 14.7. The molecule has 0 aliphatic carbocycles. The van der Waals surface area contributed by atoms with Crippen LogP contribution in [0.5, 0.6) is 0 Å². The Labute approximate surface area is 265 Å². The molecule has 0 aliphatic heterocycles. The van der Waals surface area contributed by atoms with E-state index in [4.69, 9.17) is 9.05 Å². The predicted octanol–water partition coefficient (Wildman–Crippen LogP) is 8.46. The molecule has 9 heteroatoms. The third-order valence-electron chi connectivity index (χ3n) is 7.76. The molecule has 43 heavy (non-hydrogen) atoms. The number of amides is 1. The van der Waals surface area contributed by atoms with E-state index in [1.54, 1.807) is 6.08 Å². The molecule has 1 amide bonds. The Morgan fingerprint density at radius 2 is 1.23 bits per heavy atom. The fraction of sp³-hybridized carbons (Fsp3) is 0.912. The third kappa shape index (κ3) is 29.7. The van der Waals surface area contributed by atoms with Crippen LogP contribution in [0.4, 0.5) is 0 Å². The molecule has 0 aromatic carbocycles. The Morgan fingerprint density at radius 3 is 1.72 bits per heavy atom. The molecule has 3 atom stereocenters. The van der Waals surface area contributed by atoms with E-state index in [0.29, 0.717) is 17.4 Å². The third-order valence-corrected chi connectivity index (χ3v) is 8.74.